The van der Waals surface area contributed by atoms with Gasteiger partial charge in [-0.05, 0) is 12.8 Å². The summed E-state index contributed by atoms with van der Waals surface area (Å²) in [6.07, 6.45) is 3.01. The number of rotatable bonds is 11. The van der Waals surface area contributed by atoms with Gasteiger partial charge in [0.2, 0.25) is 0 Å². The number of hydrogen-bond acceptors (Lipinski definition) is 4. The molecule has 0 aromatic carbocycles. The van der Waals surface area contributed by atoms with Crippen LogP contribution in [0.5, 0.6) is 0 Å². The van der Waals surface area contributed by atoms with Crippen LogP contribution in [0.4, 0.5) is 0 Å². The summed E-state index contributed by atoms with van der Waals surface area (Å²) in [5.41, 5.74) is 0. The molecule has 0 bridgehead atoms. The van der Waals surface area contributed by atoms with Crippen LogP contribution in [0, 0.1) is 0 Å². The molecule has 4 nitrogen and oxygen atoms in total. The van der Waals surface area contributed by atoms with Crippen LogP contribution < -0.4 is 5.32 Å². The first-order chi connectivity index (χ1) is 7.74. The van der Waals surface area contributed by atoms with E-state index >= 15 is 0 Å². The zero-order valence-corrected chi connectivity index (χ0v) is 10.9. The monoisotopic (exact) mass is 233 g/mol. The minimum Gasteiger partial charge on any atom is -0.389 e. The summed E-state index contributed by atoms with van der Waals surface area (Å²) < 4.78 is 10.1. The zero-order chi connectivity index (χ0) is 12.2. The highest BCUT2D eigenvalue weighted by molar-refractivity contribution is 4.67. The summed E-state index contributed by atoms with van der Waals surface area (Å²) in [7, 11) is 1.64. The van der Waals surface area contributed by atoms with E-state index in [1.165, 1.54) is 6.42 Å². The van der Waals surface area contributed by atoms with Gasteiger partial charge in [0.25, 0.3) is 0 Å². The molecule has 0 saturated carbocycles. The molecule has 0 fully saturated rings. The molecule has 16 heavy (non-hydrogen) atoms. The van der Waals surface area contributed by atoms with Gasteiger partial charge in [0, 0.05) is 19.7 Å². The standard InChI is InChI=1S/C12H27NO3/c1-4-6-11(5-2)13-9-12(14)10-16-8-7-15-3/h11-14H,4-10H2,1-3H3. The second kappa shape index (κ2) is 11.3. The highest BCUT2D eigenvalue weighted by Crippen LogP contribution is 2.00. The van der Waals surface area contributed by atoms with Crippen LogP contribution in [0.1, 0.15) is 33.1 Å². The van der Waals surface area contributed by atoms with Crippen molar-refractivity contribution < 1.29 is 14.6 Å². The Morgan fingerprint density at radius 2 is 2.00 bits per heavy atom. The molecule has 0 amide bonds. The lowest BCUT2D eigenvalue weighted by Crippen LogP contribution is -2.37. The molecule has 0 saturated heterocycles. The fourth-order valence-corrected chi connectivity index (χ4v) is 1.52. The molecule has 98 valence electrons. The summed E-state index contributed by atoms with van der Waals surface area (Å²) in [4.78, 5) is 0. The van der Waals surface area contributed by atoms with E-state index in [0.29, 0.717) is 32.4 Å². The van der Waals surface area contributed by atoms with Crippen LogP contribution in [0.2, 0.25) is 0 Å². The Morgan fingerprint density at radius 3 is 2.56 bits per heavy atom. The topological polar surface area (TPSA) is 50.7 Å². The van der Waals surface area contributed by atoms with E-state index in [2.05, 4.69) is 19.2 Å². The number of aliphatic hydroxyl groups is 1. The molecule has 0 aliphatic heterocycles. The van der Waals surface area contributed by atoms with Crippen LogP contribution in [-0.2, 0) is 9.47 Å². The van der Waals surface area contributed by atoms with E-state index in [0.717, 1.165) is 12.8 Å². The van der Waals surface area contributed by atoms with Crippen LogP contribution in [0.25, 0.3) is 0 Å². The van der Waals surface area contributed by atoms with E-state index in [-0.39, 0.29) is 0 Å². The van der Waals surface area contributed by atoms with Crippen LogP contribution in [0.3, 0.4) is 0 Å². The molecule has 0 aliphatic carbocycles. The summed E-state index contributed by atoms with van der Waals surface area (Å²) in [6.45, 7) is 6.43. The number of ether oxygens (including phenoxy) is 2. The molecule has 2 atom stereocenters. The maximum absolute atomic E-state index is 9.63. The van der Waals surface area contributed by atoms with Crippen LogP contribution >= 0.6 is 0 Å². The van der Waals surface area contributed by atoms with Crippen molar-refractivity contribution in [2.75, 3.05) is 33.5 Å². The third kappa shape index (κ3) is 9.09. The van der Waals surface area contributed by atoms with Crippen molar-refractivity contribution >= 4 is 0 Å². The maximum atomic E-state index is 9.63. The molecule has 4 heteroatoms. The number of nitrogens with one attached hydrogen (secondary N) is 1. The van der Waals surface area contributed by atoms with E-state index in [1.807, 2.05) is 0 Å². The number of hydrogen-bond donors (Lipinski definition) is 2. The lowest BCUT2D eigenvalue weighted by Gasteiger charge is -2.18. The lowest BCUT2D eigenvalue weighted by molar-refractivity contribution is 0.0127. The van der Waals surface area contributed by atoms with Crippen molar-refractivity contribution in [1.82, 2.24) is 5.32 Å². The van der Waals surface area contributed by atoms with E-state index in [4.69, 9.17) is 9.47 Å². The Bertz CT molecular complexity index is 144. The summed E-state index contributed by atoms with van der Waals surface area (Å²) in [5, 5.41) is 13.0. The van der Waals surface area contributed by atoms with E-state index < -0.39 is 6.10 Å². The van der Waals surface area contributed by atoms with Crippen molar-refractivity contribution in [2.45, 2.75) is 45.3 Å². The summed E-state index contributed by atoms with van der Waals surface area (Å²) in [5.74, 6) is 0. The molecule has 2 unspecified atom stereocenters. The summed E-state index contributed by atoms with van der Waals surface area (Å²) >= 11 is 0. The average Bonchev–Trinajstić information content (AvgIpc) is 2.30. The molecule has 2 N–H and O–H groups in total. The van der Waals surface area contributed by atoms with Crippen molar-refractivity contribution in [3.8, 4) is 0 Å². The zero-order valence-electron chi connectivity index (χ0n) is 10.9. The van der Waals surface area contributed by atoms with Crippen LogP contribution in [0.15, 0.2) is 0 Å². The number of aliphatic hydroxyl groups excluding tert-OH is 1. The van der Waals surface area contributed by atoms with Gasteiger partial charge in [-0.1, -0.05) is 20.3 Å². The summed E-state index contributed by atoms with van der Waals surface area (Å²) in [6, 6.07) is 0.513. The molecular weight excluding hydrogens is 206 g/mol. The Kier molecular flexibility index (Phi) is 11.2. The van der Waals surface area contributed by atoms with Crippen molar-refractivity contribution in [3.63, 3.8) is 0 Å². The Hall–Kier alpha value is -0.160. The second-order valence-electron chi connectivity index (χ2n) is 4.02. The first-order valence-corrected chi connectivity index (χ1v) is 6.22. The van der Waals surface area contributed by atoms with Gasteiger partial charge in [-0.2, -0.15) is 0 Å². The van der Waals surface area contributed by atoms with Gasteiger partial charge in [-0.25, -0.2) is 0 Å². The molecule has 0 heterocycles. The fraction of sp³-hybridized carbons (Fsp3) is 1.00. The van der Waals surface area contributed by atoms with Crippen molar-refractivity contribution in [2.24, 2.45) is 0 Å². The second-order valence-corrected chi connectivity index (χ2v) is 4.02. The molecule has 0 rings (SSSR count). The van der Waals surface area contributed by atoms with Gasteiger partial charge in [0.05, 0.1) is 25.9 Å². The van der Waals surface area contributed by atoms with Crippen molar-refractivity contribution in [1.29, 1.82) is 0 Å². The fourth-order valence-electron chi connectivity index (χ4n) is 1.52. The molecule has 0 aromatic rings. The van der Waals surface area contributed by atoms with Gasteiger partial charge in [0.1, 0.15) is 0 Å². The minimum atomic E-state index is -0.428. The lowest BCUT2D eigenvalue weighted by atomic mass is 10.1. The SMILES string of the molecule is CCCC(CC)NCC(O)COCCOC. The van der Waals surface area contributed by atoms with E-state index in [9.17, 15) is 5.11 Å². The smallest absolute Gasteiger partial charge is 0.0897 e. The molecule has 0 radical (unpaired) electrons. The van der Waals surface area contributed by atoms with Gasteiger partial charge in [0.15, 0.2) is 0 Å². The Balaban J connectivity index is 3.43. The average molecular weight is 233 g/mol. The molecular formula is C12H27NO3. The van der Waals surface area contributed by atoms with Crippen LogP contribution in [-0.4, -0.2) is 50.7 Å². The Labute approximate surface area is 99.3 Å². The predicted octanol–water partition coefficient (Wildman–Crippen LogP) is 1.18. The highest BCUT2D eigenvalue weighted by atomic mass is 16.5. The largest absolute Gasteiger partial charge is 0.389 e. The quantitative estimate of drug-likeness (QED) is 0.526. The third-order valence-electron chi connectivity index (χ3n) is 2.51. The first kappa shape index (κ1) is 15.8. The maximum Gasteiger partial charge on any atom is 0.0897 e. The minimum absolute atomic E-state index is 0.374. The number of methoxy groups -OCH3 is 1. The first-order valence-electron chi connectivity index (χ1n) is 6.22. The van der Waals surface area contributed by atoms with E-state index in [1.54, 1.807) is 7.11 Å². The third-order valence-corrected chi connectivity index (χ3v) is 2.51. The molecule has 0 spiro atoms. The van der Waals surface area contributed by atoms with Gasteiger partial charge < -0.3 is 19.9 Å². The predicted molar refractivity (Wildman–Crippen MR) is 65.7 cm³/mol. The van der Waals surface area contributed by atoms with Gasteiger partial charge >= 0.3 is 0 Å². The highest BCUT2D eigenvalue weighted by Gasteiger charge is 2.08. The normalized spacial score (nSPS) is 15.0. The van der Waals surface area contributed by atoms with Crippen molar-refractivity contribution in [3.05, 3.63) is 0 Å². The molecule has 0 aromatic heterocycles. The van der Waals surface area contributed by atoms with Gasteiger partial charge in [-0.15, -0.1) is 0 Å². The van der Waals surface area contributed by atoms with Gasteiger partial charge in [-0.3, -0.25) is 0 Å². The Morgan fingerprint density at radius 1 is 1.25 bits per heavy atom. The molecule has 0 aliphatic rings.